The van der Waals surface area contributed by atoms with Crippen LogP contribution < -0.4 is 16.0 Å². The quantitative estimate of drug-likeness (QED) is 0.193. The van der Waals surface area contributed by atoms with Crippen LogP contribution in [0.4, 0.5) is 0 Å². The predicted molar refractivity (Wildman–Crippen MR) is 101 cm³/mol. The molecule has 1 aromatic heterocycles. The number of amides is 3. The fourth-order valence-electron chi connectivity index (χ4n) is 2.23. The summed E-state index contributed by atoms with van der Waals surface area (Å²) in [4.78, 5) is 35.2. The molecule has 1 atom stereocenters. The zero-order chi connectivity index (χ0) is 21.1. The Hall–Kier alpha value is -2.44. The van der Waals surface area contributed by atoms with Crippen LogP contribution in [-0.4, -0.2) is 80.8 Å². The highest BCUT2D eigenvalue weighted by molar-refractivity contribution is 7.99. The maximum Gasteiger partial charge on any atom is 0.243 e. The number of nitrogens with zero attached hydrogens (tertiary/aromatic N) is 1. The molecule has 0 aromatic carbocycles. The van der Waals surface area contributed by atoms with E-state index < -0.39 is 17.9 Å². The highest BCUT2D eigenvalue weighted by atomic mass is 32.2. The van der Waals surface area contributed by atoms with Crippen LogP contribution >= 0.6 is 11.8 Å². The predicted octanol–water partition coefficient (Wildman–Crippen LogP) is -1.90. The van der Waals surface area contributed by atoms with Gasteiger partial charge in [-0.05, 0) is 0 Å². The van der Waals surface area contributed by atoms with Gasteiger partial charge in [0.15, 0.2) is 5.88 Å². The lowest BCUT2D eigenvalue weighted by Crippen LogP contribution is -2.48. The number of hydrogen-bond acceptors (Lipinski definition) is 8. The number of aliphatic hydroxyl groups is 2. The molecule has 0 radical (unpaired) electrons. The van der Waals surface area contributed by atoms with Gasteiger partial charge in [0, 0.05) is 44.8 Å². The zero-order valence-corrected chi connectivity index (χ0v) is 16.3. The summed E-state index contributed by atoms with van der Waals surface area (Å²) in [5.74, 6) is -1.69. The van der Waals surface area contributed by atoms with Gasteiger partial charge in [0.1, 0.15) is 6.04 Å². The van der Waals surface area contributed by atoms with Gasteiger partial charge in [-0.2, -0.15) is 0 Å². The van der Waals surface area contributed by atoms with E-state index in [1.165, 1.54) is 13.0 Å². The Morgan fingerprint density at radius 2 is 1.79 bits per heavy atom. The molecule has 7 N–H and O–H groups in total. The van der Waals surface area contributed by atoms with Crippen molar-refractivity contribution in [2.75, 3.05) is 32.1 Å². The molecule has 0 saturated heterocycles. The summed E-state index contributed by atoms with van der Waals surface area (Å²) >= 11 is 1.04. The zero-order valence-electron chi connectivity index (χ0n) is 15.5. The monoisotopic (exact) mass is 418 g/mol. The van der Waals surface area contributed by atoms with Crippen LogP contribution in [0, 0.1) is 0 Å². The molecule has 28 heavy (non-hydrogen) atoms. The number of aromatic nitrogens is 1. The van der Waals surface area contributed by atoms with E-state index in [1.54, 1.807) is 0 Å². The molecule has 0 aliphatic carbocycles. The summed E-state index contributed by atoms with van der Waals surface area (Å²) in [6, 6.07) is 0.394. The van der Waals surface area contributed by atoms with Gasteiger partial charge in [-0.1, -0.05) is 0 Å². The number of carbonyl (C=O) groups is 3. The van der Waals surface area contributed by atoms with Crippen molar-refractivity contribution in [3.05, 3.63) is 6.07 Å². The first-order valence-corrected chi connectivity index (χ1v) is 9.56. The largest absolute Gasteiger partial charge is 0.494 e. The first kappa shape index (κ1) is 23.6. The summed E-state index contributed by atoms with van der Waals surface area (Å²) in [6.45, 7) is 1.01. The normalized spacial score (nSPS) is 11.7. The van der Waals surface area contributed by atoms with Crippen LogP contribution in [-0.2, 0) is 20.9 Å². The van der Waals surface area contributed by atoms with Crippen LogP contribution in [0.3, 0.4) is 0 Å². The highest BCUT2D eigenvalue weighted by Crippen LogP contribution is 2.35. The van der Waals surface area contributed by atoms with Crippen molar-refractivity contribution in [2.45, 2.75) is 30.8 Å². The smallest absolute Gasteiger partial charge is 0.243 e. The average molecular weight is 418 g/mol. The summed E-state index contributed by atoms with van der Waals surface area (Å²) in [5, 5.41) is 45.1. The molecule has 158 valence electrons. The lowest BCUT2D eigenvalue weighted by Gasteiger charge is -2.16. The first-order valence-electron chi connectivity index (χ1n) is 8.57. The second-order valence-electron chi connectivity index (χ2n) is 5.74. The minimum atomic E-state index is -0.900. The number of thioether (sulfide) groups is 1. The van der Waals surface area contributed by atoms with Crippen molar-refractivity contribution in [3.8, 4) is 11.8 Å². The Balaban J connectivity index is 2.73. The number of carbonyl (C=O) groups excluding carboxylic acids is 3. The van der Waals surface area contributed by atoms with Gasteiger partial charge in [-0.15, -0.1) is 11.8 Å². The molecule has 1 unspecified atom stereocenters. The van der Waals surface area contributed by atoms with Crippen LogP contribution in [0.25, 0.3) is 0 Å². The first-order chi connectivity index (χ1) is 13.3. The van der Waals surface area contributed by atoms with Crippen LogP contribution in [0.15, 0.2) is 11.0 Å². The Kier molecular flexibility index (Phi) is 10.2. The third kappa shape index (κ3) is 7.66. The number of nitrogens with one attached hydrogen (secondary N) is 3. The van der Waals surface area contributed by atoms with E-state index in [-0.39, 0.29) is 67.6 Å². The van der Waals surface area contributed by atoms with Gasteiger partial charge in [0.25, 0.3) is 0 Å². The maximum atomic E-state index is 12.1. The molecule has 1 aromatic rings. The van der Waals surface area contributed by atoms with Gasteiger partial charge in [0.05, 0.1) is 18.1 Å². The average Bonchev–Trinajstić information content (AvgIpc) is 2.92. The third-order valence-electron chi connectivity index (χ3n) is 3.52. The standard InChI is InChI=1S/C16H26N4O7S/c1-10(23)19-11(15(26)18-4-7-22)9-28-12-8-14(25)20(16(12)27)5-2-13(24)17-3-6-21/h8,11,21-22,25,27H,2-7,9H2,1H3,(H,17,24)(H,18,26)(H,19,23). The fraction of sp³-hybridized carbons (Fsp3) is 0.562. The Morgan fingerprint density at radius 1 is 1.14 bits per heavy atom. The van der Waals surface area contributed by atoms with E-state index in [1.807, 2.05) is 0 Å². The van der Waals surface area contributed by atoms with Crippen molar-refractivity contribution in [1.29, 1.82) is 0 Å². The molecule has 3 amide bonds. The molecule has 1 heterocycles. The van der Waals surface area contributed by atoms with Crippen LogP contribution in [0.2, 0.25) is 0 Å². The molecule has 0 aliphatic rings. The lowest BCUT2D eigenvalue weighted by molar-refractivity contribution is -0.127. The fourth-order valence-corrected chi connectivity index (χ4v) is 3.24. The second-order valence-corrected chi connectivity index (χ2v) is 6.81. The van der Waals surface area contributed by atoms with Crippen LogP contribution in [0.5, 0.6) is 11.8 Å². The lowest BCUT2D eigenvalue weighted by atomic mass is 10.3. The minimum Gasteiger partial charge on any atom is -0.494 e. The molecular weight excluding hydrogens is 392 g/mol. The summed E-state index contributed by atoms with van der Waals surface area (Å²) in [7, 11) is 0. The van der Waals surface area contributed by atoms with E-state index in [9.17, 15) is 24.6 Å². The number of aliphatic hydroxyl groups excluding tert-OH is 2. The molecule has 0 spiro atoms. The van der Waals surface area contributed by atoms with E-state index in [2.05, 4.69) is 16.0 Å². The Morgan fingerprint density at radius 3 is 2.39 bits per heavy atom. The van der Waals surface area contributed by atoms with Gasteiger partial charge >= 0.3 is 0 Å². The molecule has 0 fully saturated rings. The Labute approximate surface area is 166 Å². The van der Waals surface area contributed by atoms with Crippen molar-refractivity contribution in [3.63, 3.8) is 0 Å². The summed E-state index contributed by atoms with van der Waals surface area (Å²) in [5.41, 5.74) is 0. The van der Waals surface area contributed by atoms with Crippen LogP contribution in [0.1, 0.15) is 13.3 Å². The minimum absolute atomic E-state index is 0.0155. The third-order valence-corrected chi connectivity index (χ3v) is 4.63. The van der Waals surface area contributed by atoms with Crippen molar-refractivity contribution < 1.29 is 34.8 Å². The number of hydrogen-bond donors (Lipinski definition) is 7. The number of rotatable bonds is 12. The summed E-state index contributed by atoms with van der Waals surface area (Å²) < 4.78 is 1.14. The topological polar surface area (TPSA) is 173 Å². The Bertz CT molecular complexity index is 680. The van der Waals surface area contributed by atoms with Gasteiger partial charge in [-0.25, -0.2) is 0 Å². The second kappa shape index (κ2) is 12.1. The van der Waals surface area contributed by atoms with Crippen molar-refractivity contribution in [2.24, 2.45) is 0 Å². The van der Waals surface area contributed by atoms with E-state index in [4.69, 9.17) is 10.2 Å². The van der Waals surface area contributed by atoms with Gasteiger partial charge in [0.2, 0.25) is 23.6 Å². The van der Waals surface area contributed by atoms with E-state index in [0.29, 0.717) is 0 Å². The molecular formula is C16H26N4O7S. The molecule has 0 saturated carbocycles. The molecule has 0 aliphatic heterocycles. The SMILES string of the molecule is CC(=O)NC(CSc1cc(O)n(CCC(=O)NCCO)c1O)C(=O)NCCO. The van der Waals surface area contributed by atoms with E-state index in [0.717, 1.165) is 16.3 Å². The van der Waals surface area contributed by atoms with E-state index >= 15 is 0 Å². The van der Waals surface area contributed by atoms with Gasteiger partial charge < -0.3 is 36.4 Å². The number of aromatic hydroxyl groups is 2. The maximum absolute atomic E-state index is 12.1. The van der Waals surface area contributed by atoms with Gasteiger partial charge in [-0.3, -0.25) is 19.0 Å². The molecule has 12 heteroatoms. The molecule has 0 bridgehead atoms. The molecule has 1 rings (SSSR count). The highest BCUT2D eigenvalue weighted by Gasteiger charge is 2.22. The van der Waals surface area contributed by atoms with Crippen molar-refractivity contribution in [1.82, 2.24) is 20.5 Å². The van der Waals surface area contributed by atoms with Crippen molar-refractivity contribution >= 4 is 29.5 Å². The summed E-state index contributed by atoms with van der Waals surface area (Å²) in [6.07, 6.45) is -0.0159. The molecule has 11 nitrogen and oxygen atoms in total.